The maximum atomic E-state index is 13.8. The van der Waals surface area contributed by atoms with E-state index in [1.807, 2.05) is 0 Å². The first-order valence-electron chi connectivity index (χ1n) is 12.6. The van der Waals surface area contributed by atoms with E-state index >= 15 is 0 Å². The summed E-state index contributed by atoms with van der Waals surface area (Å²) in [6.07, 6.45) is 12.0. The van der Waals surface area contributed by atoms with Gasteiger partial charge in [0.25, 0.3) is 0 Å². The molecule has 4 aliphatic carbocycles. The molecule has 2 aromatic rings. The molecule has 11 heteroatoms. The number of hydrogen-bond donors (Lipinski definition) is 2. The van der Waals surface area contributed by atoms with Gasteiger partial charge in [-0.1, -0.05) is 5.92 Å². The van der Waals surface area contributed by atoms with Crippen molar-refractivity contribution in [3.05, 3.63) is 12.4 Å². The van der Waals surface area contributed by atoms with E-state index < -0.39 is 36.8 Å². The zero-order valence-corrected chi connectivity index (χ0v) is 19.9. The number of rotatable bonds is 6. The van der Waals surface area contributed by atoms with Gasteiger partial charge < -0.3 is 25.1 Å². The molecule has 3 atom stereocenters. The Balaban J connectivity index is 1.12. The number of aliphatic hydroxyl groups is 1. The average Bonchev–Trinajstić information content (AvgIpc) is 3.40. The van der Waals surface area contributed by atoms with Gasteiger partial charge in [-0.05, 0) is 68.1 Å². The van der Waals surface area contributed by atoms with Crippen molar-refractivity contribution in [2.24, 2.45) is 23.2 Å². The Labute approximate surface area is 207 Å². The van der Waals surface area contributed by atoms with E-state index in [0.717, 1.165) is 24.2 Å². The molecule has 3 heterocycles. The number of halogens is 1. The summed E-state index contributed by atoms with van der Waals surface area (Å²) in [5, 5.41) is 10.1. The molecule has 1 saturated heterocycles. The molecule has 1 aliphatic heterocycles. The molecule has 0 amide bonds. The Morgan fingerprint density at radius 3 is 2.58 bits per heavy atom. The minimum absolute atomic E-state index is 0.0752. The van der Waals surface area contributed by atoms with Crippen LogP contribution in [0.15, 0.2) is 6.33 Å². The Morgan fingerprint density at radius 2 is 1.94 bits per heavy atom. The third-order valence-corrected chi connectivity index (χ3v) is 8.75. The highest BCUT2D eigenvalue weighted by atomic mass is 19.1. The Bertz CT molecular complexity index is 1190. The standard InChI is InChI=1S/C25H30FN5O5/c1-2-25(12-32)17(8-18(36-25)31-13-28-19-20(27)29-22(26)30-21(19)31)35-23(33)34-4-3-24-9-14-5-15(10-24)7-16(6-14)11-24/h1,13-18,32H,3-12H2,(H2,27,29,30)/t14?,15?,16?,17-,18+,24?,25+/m0/s1. The van der Waals surface area contributed by atoms with Gasteiger partial charge >= 0.3 is 12.2 Å². The van der Waals surface area contributed by atoms with Crippen LogP contribution in [0, 0.1) is 41.6 Å². The number of nitrogen functional groups attached to an aromatic ring is 1. The van der Waals surface area contributed by atoms with Gasteiger partial charge in [-0.3, -0.25) is 4.57 Å². The van der Waals surface area contributed by atoms with Gasteiger partial charge in [0.05, 0.1) is 19.5 Å². The molecule has 10 nitrogen and oxygen atoms in total. The van der Waals surface area contributed by atoms with Crippen molar-refractivity contribution in [2.75, 3.05) is 18.9 Å². The molecule has 4 saturated carbocycles. The molecule has 0 unspecified atom stereocenters. The Hall–Kier alpha value is -2.97. The van der Waals surface area contributed by atoms with E-state index in [1.54, 1.807) is 0 Å². The number of aliphatic hydroxyl groups excluding tert-OH is 1. The summed E-state index contributed by atoms with van der Waals surface area (Å²) < 4.78 is 32.2. The van der Waals surface area contributed by atoms with Crippen LogP contribution in [-0.2, 0) is 14.2 Å². The van der Waals surface area contributed by atoms with Crippen molar-refractivity contribution >= 4 is 23.1 Å². The molecule has 0 aromatic carbocycles. The normalized spacial score (nSPS) is 36.8. The first kappa shape index (κ1) is 23.4. The Morgan fingerprint density at radius 1 is 1.25 bits per heavy atom. The molecule has 2 aromatic heterocycles. The van der Waals surface area contributed by atoms with Crippen molar-refractivity contribution in [3.8, 4) is 12.3 Å². The molecule has 3 N–H and O–H groups in total. The van der Waals surface area contributed by atoms with Crippen molar-refractivity contribution < 1.29 is 28.5 Å². The minimum Gasteiger partial charge on any atom is -0.434 e. The number of hydrogen-bond acceptors (Lipinski definition) is 9. The van der Waals surface area contributed by atoms with Crippen molar-refractivity contribution in [1.29, 1.82) is 0 Å². The van der Waals surface area contributed by atoms with Gasteiger partial charge in [0, 0.05) is 6.42 Å². The smallest absolute Gasteiger partial charge is 0.434 e. The number of carbonyl (C=O) groups excluding carboxylic acids is 1. The predicted molar refractivity (Wildman–Crippen MR) is 125 cm³/mol. The van der Waals surface area contributed by atoms with Gasteiger partial charge in [0.1, 0.15) is 6.23 Å². The highest BCUT2D eigenvalue weighted by Gasteiger charge is 2.52. The van der Waals surface area contributed by atoms with E-state index in [9.17, 15) is 14.3 Å². The van der Waals surface area contributed by atoms with Crippen LogP contribution >= 0.6 is 0 Å². The minimum atomic E-state index is -1.60. The summed E-state index contributed by atoms with van der Waals surface area (Å²) >= 11 is 0. The number of anilines is 1. The van der Waals surface area contributed by atoms with E-state index in [2.05, 4.69) is 20.9 Å². The summed E-state index contributed by atoms with van der Waals surface area (Å²) in [4.78, 5) is 24.0. The van der Waals surface area contributed by atoms with Crippen molar-refractivity contribution in [3.63, 3.8) is 0 Å². The second-order valence-corrected chi connectivity index (χ2v) is 11.1. The number of carbonyl (C=O) groups is 1. The maximum absolute atomic E-state index is 13.8. The summed E-state index contributed by atoms with van der Waals surface area (Å²) in [7, 11) is 0. The van der Waals surface area contributed by atoms with Crippen LogP contribution in [0.5, 0.6) is 0 Å². The van der Waals surface area contributed by atoms with Crippen LogP contribution in [0.1, 0.15) is 57.6 Å². The first-order valence-corrected chi connectivity index (χ1v) is 12.6. The number of imidazole rings is 1. The lowest BCUT2D eigenvalue weighted by molar-refractivity contribution is -0.100. The van der Waals surface area contributed by atoms with E-state index in [4.69, 9.17) is 26.4 Å². The van der Waals surface area contributed by atoms with Crippen molar-refractivity contribution in [2.45, 2.75) is 69.3 Å². The lowest BCUT2D eigenvalue weighted by Crippen LogP contribution is -2.46. The molecule has 7 rings (SSSR count). The predicted octanol–water partition coefficient (Wildman–Crippen LogP) is 2.96. The molecule has 36 heavy (non-hydrogen) atoms. The molecule has 192 valence electrons. The van der Waals surface area contributed by atoms with Crippen LogP contribution in [0.2, 0.25) is 0 Å². The average molecular weight is 500 g/mol. The van der Waals surface area contributed by atoms with Gasteiger partial charge in [-0.25, -0.2) is 9.78 Å². The maximum Gasteiger partial charge on any atom is 0.508 e. The lowest BCUT2D eigenvalue weighted by atomic mass is 9.49. The van der Waals surface area contributed by atoms with Crippen LogP contribution in [-0.4, -0.2) is 55.7 Å². The highest BCUT2D eigenvalue weighted by molar-refractivity contribution is 5.81. The van der Waals surface area contributed by atoms with Crippen LogP contribution in [0.4, 0.5) is 15.0 Å². The number of aromatic nitrogens is 4. The third-order valence-electron chi connectivity index (χ3n) is 8.75. The monoisotopic (exact) mass is 499 g/mol. The fourth-order valence-electron chi connectivity index (χ4n) is 7.58. The van der Waals surface area contributed by atoms with Crippen LogP contribution < -0.4 is 5.73 Å². The summed E-state index contributed by atoms with van der Waals surface area (Å²) in [6, 6.07) is 0. The fourth-order valence-corrected chi connectivity index (χ4v) is 7.58. The van der Waals surface area contributed by atoms with Gasteiger partial charge in [-0.15, -0.1) is 6.42 Å². The lowest BCUT2D eigenvalue weighted by Gasteiger charge is -2.57. The number of terminal acetylenes is 1. The second-order valence-electron chi connectivity index (χ2n) is 11.1. The summed E-state index contributed by atoms with van der Waals surface area (Å²) in [6.45, 7) is -0.310. The van der Waals surface area contributed by atoms with E-state index in [0.29, 0.717) is 0 Å². The molecule has 0 spiro atoms. The van der Waals surface area contributed by atoms with Gasteiger partial charge in [0.2, 0.25) is 0 Å². The zero-order valence-electron chi connectivity index (χ0n) is 19.9. The highest BCUT2D eigenvalue weighted by Crippen LogP contribution is 2.61. The number of fused-ring (bicyclic) bond motifs is 1. The SMILES string of the molecule is C#C[C@]1(CO)O[C@@H](n2cnc3c(N)nc(F)nc32)C[C@@H]1OC(=O)OCCC12CC3CC(CC(C3)C1)C2. The molecular weight excluding hydrogens is 469 g/mol. The largest absolute Gasteiger partial charge is 0.508 e. The third kappa shape index (κ3) is 3.87. The molecular formula is C25H30FN5O5. The molecule has 4 bridgehead atoms. The Kier molecular flexibility index (Phi) is 5.57. The summed E-state index contributed by atoms with van der Waals surface area (Å²) in [5.74, 6) is 4.78. The number of ether oxygens (including phenoxy) is 3. The van der Waals surface area contributed by atoms with Crippen molar-refractivity contribution in [1.82, 2.24) is 19.5 Å². The molecule has 0 radical (unpaired) electrons. The topological polar surface area (TPSA) is 135 Å². The quantitative estimate of drug-likeness (QED) is 0.349. The molecule has 5 aliphatic rings. The van der Waals surface area contributed by atoms with Crippen LogP contribution in [0.3, 0.4) is 0 Å². The first-order chi connectivity index (χ1) is 17.3. The van der Waals surface area contributed by atoms with E-state index in [1.165, 1.54) is 49.4 Å². The second kappa shape index (κ2) is 8.56. The van der Waals surface area contributed by atoms with Crippen LogP contribution in [0.25, 0.3) is 11.2 Å². The molecule has 5 fully saturated rings. The fraction of sp³-hybridized carbons (Fsp3) is 0.680. The number of nitrogens with two attached hydrogens (primary N) is 1. The van der Waals surface area contributed by atoms with E-state index in [-0.39, 0.29) is 35.4 Å². The number of nitrogens with zero attached hydrogens (tertiary/aromatic N) is 4. The summed E-state index contributed by atoms with van der Waals surface area (Å²) in [5.41, 5.74) is 4.73. The van der Waals surface area contributed by atoms with Gasteiger partial charge in [-0.2, -0.15) is 14.4 Å². The zero-order chi connectivity index (χ0) is 25.1. The van der Waals surface area contributed by atoms with Gasteiger partial charge in [0.15, 0.2) is 28.7 Å².